The Bertz CT molecular complexity index is 717. The molecule has 6 heteroatoms. The number of hydrogen-bond acceptors (Lipinski definition) is 3. The highest BCUT2D eigenvalue weighted by Gasteiger charge is 2.20. The number of hydrogen-bond donors (Lipinski definition) is 1. The molecule has 126 valence electrons. The fourth-order valence-electron chi connectivity index (χ4n) is 2.82. The zero-order chi connectivity index (χ0) is 16.9. The Balaban J connectivity index is 1.50. The summed E-state index contributed by atoms with van der Waals surface area (Å²) in [6.45, 7) is 3.24. The van der Waals surface area contributed by atoms with Crippen molar-refractivity contribution in [2.45, 2.75) is 0 Å². The number of rotatable bonds is 4. The molecule has 0 atom stereocenters. The first-order valence-corrected chi connectivity index (χ1v) is 8.68. The van der Waals surface area contributed by atoms with Crippen molar-refractivity contribution < 1.29 is 9.18 Å². The second-order valence-electron chi connectivity index (χ2n) is 5.77. The lowest BCUT2D eigenvalue weighted by molar-refractivity contribution is -0.117. The average Bonchev–Trinajstić information content (AvgIpc) is 2.56. The zero-order valence-corrected chi connectivity index (χ0v) is 14.8. The summed E-state index contributed by atoms with van der Waals surface area (Å²) in [4.78, 5) is 16.3. The molecule has 1 fully saturated rings. The number of para-hydroxylation sites is 1. The van der Waals surface area contributed by atoms with E-state index in [1.807, 2.05) is 35.2 Å². The van der Waals surface area contributed by atoms with E-state index < -0.39 is 0 Å². The summed E-state index contributed by atoms with van der Waals surface area (Å²) in [5.41, 5.74) is 1.41. The lowest BCUT2D eigenvalue weighted by atomic mass is 10.2. The lowest BCUT2D eigenvalue weighted by Gasteiger charge is -2.35. The number of carbonyl (C=O) groups is 1. The average molecular weight is 392 g/mol. The Kier molecular flexibility index (Phi) is 5.48. The summed E-state index contributed by atoms with van der Waals surface area (Å²) >= 11 is 3.39. The van der Waals surface area contributed by atoms with Crippen LogP contribution in [0.3, 0.4) is 0 Å². The van der Waals surface area contributed by atoms with Gasteiger partial charge >= 0.3 is 0 Å². The Morgan fingerprint density at radius 2 is 1.83 bits per heavy atom. The van der Waals surface area contributed by atoms with Crippen molar-refractivity contribution in [1.29, 1.82) is 0 Å². The Morgan fingerprint density at radius 3 is 2.54 bits per heavy atom. The highest BCUT2D eigenvalue weighted by molar-refractivity contribution is 9.10. The van der Waals surface area contributed by atoms with Crippen LogP contribution < -0.4 is 10.2 Å². The van der Waals surface area contributed by atoms with Gasteiger partial charge < -0.3 is 10.2 Å². The fourth-order valence-corrected chi connectivity index (χ4v) is 3.22. The quantitative estimate of drug-likeness (QED) is 0.867. The van der Waals surface area contributed by atoms with Gasteiger partial charge in [0.1, 0.15) is 5.82 Å². The molecule has 0 bridgehead atoms. The van der Waals surface area contributed by atoms with Crippen LogP contribution in [0.25, 0.3) is 0 Å². The maximum Gasteiger partial charge on any atom is 0.238 e. The molecule has 1 heterocycles. The predicted molar refractivity (Wildman–Crippen MR) is 97.8 cm³/mol. The van der Waals surface area contributed by atoms with Crippen LogP contribution in [0.5, 0.6) is 0 Å². The zero-order valence-electron chi connectivity index (χ0n) is 13.2. The normalized spacial score (nSPS) is 15.3. The molecule has 0 unspecified atom stereocenters. The first kappa shape index (κ1) is 16.9. The van der Waals surface area contributed by atoms with Crippen molar-refractivity contribution in [1.82, 2.24) is 4.90 Å². The summed E-state index contributed by atoms with van der Waals surface area (Å²) in [7, 11) is 0. The van der Waals surface area contributed by atoms with Gasteiger partial charge in [0.2, 0.25) is 5.91 Å². The third-order valence-corrected chi connectivity index (χ3v) is 4.53. The maximum absolute atomic E-state index is 13.8. The Labute approximate surface area is 149 Å². The van der Waals surface area contributed by atoms with E-state index in [4.69, 9.17) is 0 Å². The fraction of sp³-hybridized carbons (Fsp3) is 0.278. The van der Waals surface area contributed by atoms with Crippen molar-refractivity contribution in [3.05, 3.63) is 58.8 Å². The monoisotopic (exact) mass is 391 g/mol. The van der Waals surface area contributed by atoms with Crippen molar-refractivity contribution in [3.63, 3.8) is 0 Å². The summed E-state index contributed by atoms with van der Waals surface area (Å²) < 4.78 is 14.8. The molecular weight excluding hydrogens is 373 g/mol. The summed E-state index contributed by atoms with van der Waals surface area (Å²) in [6, 6.07) is 14.3. The molecule has 1 amide bonds. The smallest absolute Gasteiger partial charge is 0.238 e. The van der Waals surface area contributed by atoms with Crippen LogP contribution in [-0.2, 0) is 4.79 Å². The van der Waals surface area contributed by atoms with Gasteiger partial charge in [0.25, 0.3) is 0 Å². The van der Waals surface area contributed by atoms with Crippen LogP contribution in [-0.4, -0.2) is 43.5 Å². The molecule has 24 heavy (non-hydrogen) atoms. The van der Waals surface area contributed by atoms with Crippen molar-refractivity contribution in [2.24, 2.45) is 0 Å². The summed E-state index contributed by atoms with van der Waals surface area (Å²) in [6.07, 6.45) is 0. The van der Waals surface area contributed by atoms with Crippen molar-refractivity contribution in [3.8, 4) is 0 Å². The molecule has 0 aliphatic carbocycles. The second kappa shape index (κ2) is 7.77. The number of piperazine rings is 1. The van der Waals surface area contributed by atoms with Crippen molar-refractivity contribution >= 4 is 33.2 Å². The van der Waals surface area contributed by atoms with Crippen LogP contribution in [0, 0.1) is 5.82 Å². The van der Waals surface area contributed by atoms with E-state index in [2.05, 4.69) is 26.1 Å². The van der Waals surface area contributed by atoms with Gasteiger partial charge in [-0.05, 0) is 30.3 Å². The molecule has 0 saturated carbocycles. The summed E-state index contributed by atoms with van der Waals surface area (Å²) in [5, 5.41) is 2.90. The molecule has 2 aromatic rings. The largest absolute Gasteiger partial charge is 0.367 e. The van der Waals surface area contributed by atoms with Crippen LogP contribution >= 0.6 is 15.9 Å². The highest BCUT2D eigenvalue weighted by Crippen LogP contribution is 2.20. The van der Waals surface area contributed by atoms with Crippen LogP contribution in [0.15, 0.2) is 53.0 Å². The van der Waals surface area contributed by atoms with Crippen LogP contribution in [0.4, 0.5) is 15.8 Å². The topological polar surface area (TPSA) is 35.6 Å². The van der Waals surface area contributed by atoms with Crippen LogP contribution in [0.2, 0.25) is 0 Å². The third-order valence-electron chi connectivity index (χ3n) is 4.04. The number of halogens is 2. The molecule has 0 aromatic heterocycles. The van der Waals surface area contributed by atoms with Gasteiger partial charge in [0.05, 0.1) is 12.2 Å². The minimum Gasteiger partial charge on any atom is -0.367 e. The van der Waals surface area contributed by atoms with E-state index >= 15 is 0 Å². The summed E-state index contributed by atoms with van der Waals surface area (Å²) in [5.74, 6) is -0.231. The minimum absolute atomic E-state index is 0.0348. The first-order valence-electron chi connectivity index (χ1n) is 7.89. The Hall–Kier alpha value is -1.92. The standard InChI is InChI=1S/C18H19BrFN3O/c19-14-4-3-5-15(12-14)21-18(24)13-22-8-10-23(11-9-22)17-7-2-1-6-16(17)20/h1-7,12H,8-11,13H2,(H,21,24). The minimum atomic E-state index is -0.196. The molecule has 1 saturated heterocycles. The number of nitrogens with one attached hydrogen (secondary N) is 1. The number of nitrogens with zero attached hydrogens (tertiary/aromatic N) is 2. The van der Waals surface area contributed by atoms with Gasteiger partial charge in [0.15, 0.2) is 0 Å². The lowest BCUT2D eigenvalue weighted by Crippen LogP contribution is -2.48. The molecule has 2 aromatic carbocycles. The molecule has 3 rings (SSSR count). The van der Waals surface area contributed by atoms with Gasteiger partial charge in [-0.25, -0.2) is 4.39 Å². The van der Waals surface area contributed by atoms with E-state index in [-0.39, 0.29) is 11.7 Å². The van der Waals surface area contributed by atoms with Gasteiger partial charge in [-0.1, -0.05) is 34.1 Å². The number of anilines is 2. The number of carbonyl (C=O) groups excluding carboxylic acids is 1. The molecule has 1 aliphatic heterocycles. The second-order valence-corrected chi connectivity index (χ2v) is 6.69. The number of benzene rings is 2. The van der Waals surface area contributed by atoms with Gasteiger partial charge in [0, 0.05) is 36.3 Å². The molecule has 0 radical (unpaired) electrons. The van der Waals surface area contributed by atoms with Gasteiger partial charge in [-0.15, -0.1) is 0 Å². The Morgan fingerprint density at radius 1 is 1.08 bits per heavy atom. The van der Waals surface area contributed by atoms with Crippen molar-refractivity contribution in [2.75, 3.05) is 42.9 Å². The molecular formula is C18H19BrFN3O. The molecule has 1 aliphatic rings. The van der Waals surface area contributed by atoms with E-state index in [0.29, 0.717) is 25.3 Å². The molecule has 1 N–H and O–H groups in total. The van der Waals surface area contributed by atoms with Gasteiger partial charge in [-0.2, -0.15) is 0 Å². The SMILES string of the molecule is O=C(CN1CCN(c2ccccc2F)CC1)Nc1cccc(Br)c1. The molecule has 4 nitrogen and oxygen atoms in total. The van der Waals surface area contributed by atoms with E-state index in [9.17, 15) is 9.18 Å². The maximum atomic E-state index is 13.8. The van der Waals surface area contributed by atoms with Gasteiger partial charge in [-0.3, -0.25) is 9.69 Å². The van der Waals surface area contributed by atoms with E-state index in [0.717, 1.165) is 23.2 Å². The van der Waals surface area contributed by atoms with Crippen LogP contribution in [0.1, 0.15) is 0 Å². The number of amides is 1. The highest BCUT2D eigenvalue weighted by atomic mass is 79.9. The third kappa shape index (κ3) is 4.33. The van der Waals surface area contributed by atoms with E-state index in [1.165, 1.54) is 6.07 Å². The molecule has 0 spiro atoms. The van der Waals surface area contributed by atoms with E-state index in [1.54, 1.807) is 12.1 Å². The first-order chi connectivity index (χ1) is 11.6. The predicted octanol–water partition coefficient (Wildman–Crippen LogP) is 3.35.